The van der Waals surface area contributed by atoms with Gasteiger partial charge in [-0.25, -0.2) is 9.18 Å². The van der Waals surface area contributed by atoms with Crippen LogP contribution in [0.15, 0.2) is 29.1 Å². The number of methoxy groups -OCH3 is 2. The van der Waals surface area contributed by atoms with Gasteiger partial charge in [0.2, 0.25) is 0 Å². The first-order valence-electron chi connectivity index (χ1n) is 7.16. The van der Waals surface area contributed by atoms with Crippen molar-refractivity contribution in [1.82, 2.24) is 9.55 Å². The average Bonchev–Trinajstić information content (AvgIpc) is 2.84. The number of nitrogen functional groups attached to an aromatic ring is 1. The van der Waals surface area contributed by atoms with Gasteiger partial charge in [0.05, 0.1) is 12.1 Å². The summed E-state index contributed by atoms with van der Waals surface area (Å²) in [5.41, 5.74) is 5.58. The Morgan fingerprint density at radius 3 is 2.75 bits per heavy atom. The van der Waals surface area contributed by atoms with Crippen molar-refractivity contribution in [1.29, 1.82) is 0 Å². The number of hydrogen-bond donors (Lipinski definition) is 1. The molecule has 8 heteroatoms. The van der Waals surface area contributed by atoms with Crippen LogP contribution in [0.3, 0.4) is 0 Å². The fourth-order valence-electron chi connectivity index (χ4n) is 2.95. The predicted octanol–water partition coefficient (Wildman–Crippen LogP) is 1.51. The van der Waals surface area contributed by atoms with Crippen molar-refractivity contribution in [3.05, 3.63) is 34.7 Å². The third kappa shape index (κ3) is 2.88. The van der Waals surface area contributed by atoms with Gasteiger partial charge in [-0.2, -0.15) is 4.98 Å². The molecule has 1 aromatic heterocycles. The number of hydrogen-bond acceptors (Lipinski definition) is 6. The van der Waals surface area contributed by atoms with Crippen molar-refractivity contribution in [3.8, 4) is 0 Å². The molecule has 0 spiro atoms. The zero-order valence-electron chi connectivity index (χ0n) is 12.8. The third-order valence-corrected chi connectivity index (χ3v) is 3.99. The molecular weight excluding hydrogens is 317 g/mol. The Balaban J connectivity index is 0.00000208. The largest absolute Gasteiger partial charge is 0.383 e. The van der Waals surface area contributed by atoms with E-state index < -0.39 is 30.3 Å². The Labute approximate surface area is 139 Å². The topological polar surface area (TPSA) is 88.6 Å². The molecule has 4 atom stereocenters. The Bertz CT molecular complexity index is 767. The van der Waals surface area contributed by atoms with E-state index in [1.165, 1.54) is 18.8 Å². The lowest BCUT2D eigenvalue weighted by Crippen LogP contribution is -2.35. The maximum atomic E-state index is 14.8. The molecule has 0 saturated carbocycles. The van der Waals surface area contributed by atoms with Crippen LogP contribution in [0.4, 0.5) is 10.2 Å². The van der Waals surface area contributed by atoms with E-state index in [0.717, 1.165) is 0 Å². The van der Waals surface area contributed by atoms with Crippen molar-refractivity contribution < 1.29 is 18.6 Å². The van der Waals surface area contributed by atoms with Crippen molar-refractivity contribution in [2.75, 3.05) is 26.6 Å². The van der Waals surface area contributed by atoms with Crippen LogP contribution in [0.25, 0.3) is 10.9 Å². The zero-order chi connectivity index (χ0) is 16.6. The Hall–Kier alpha value is -2.03. The molecule has 132 valence electrons. The number of alkyl halides is 1. The fourth-order valence-corrected chi connectivity index (χ4v) is 2.95. The molecule has 0 amide bonds. The highest BCUT2D eigenvalue weighted by Crippen LogP contribution is 2.34. The van der Waals surface area contributed by atoms with Crippen molar-refractivity contribution in [2.24, 2.45) is 0 Å². The van der Waals surface area contributed by atoms with E-state index in [-0.39, 0.29) is 19.9 Å². The van der Waals surface area contributed by atoms with Gasteiger partial charge < -0.3 is 19.9 Å². The van der Waals surface area contributed by atoms with Crippen LogP contribution in [0.5, 0.6) is 0 Å². The molecule has 1 saturated heterocycles. The molecule has 0 bridgehead atoms. The van der Waals surface area contributed by atoms with E-state index in [9.17, 15) is 9.18 Å². The molecule has 2 N–H and O–H groups in total. The summed E-state index contributed by atoms with van der Waals surface area (Å²) in [6.07, 6.45) is -4.13. The first-order valence-corrected chi connectivity index (χ1v) is 7.16. The summed E-state index contributed by atoms with van der Waals surface area (Å²) in [6, 6.07) is 6.90. The number of anilines is 1. The summed E-state index contributed by atoms with van der Waals surface area (Å²) in [7, 11) is 2.89. The highest BCUT2D eigenvalue weighted by molar-refractivity contribution is 5.88. The molecule has 2 heterocycles. The number of benzene rings is 1. The van der Waals surface area contributed by atoms with E-state index >= 15 is 0 Å². The molecular formula is C16H22FN3O4. The molecule has 1 aliphatic rings. The summed E-state index contributed by atoms with van der Waals surface area (Å²) < 4.78 is 31.9. The van der Waals surface area contributed by atoms with E-state index in [2.05, 4.69) is 4.98 Å². The van der Waals surface area contributed by atoms with Gasteiger partial charge in [0.15, 0.2) is 12.4 Å². The van der Waals surface area contributed by atoms with Gasteiger partial charge in [-0.3, -0.25) is 4.57 Å². The summed E-state index contributed by atoms with van der Waals surface area (Å²) in [4.78, 5) is 16.1. The molecule has 0 unspecified atom stereocenters. The second-order valence-electron chi connectivity index (χ2n) is 5.33. The van der Waals surface area contributed by atoms with Crippen molar-refractivity contribution in [3.63, 3.8) is 0 Å². The first kappa shape index (κ1) is 18.3. The van der Waals surface area contributed by atoms with E-state index in [1.54, 1.807) is 24.3 Å². The van der Waals surface area contributed by atoms with Crippen LogP contribution >= 0.6 is 0 Å². The van der Waals surface area contributed by atoms with Crippen LogP contribution in [0.1, 0.15) is 13.7 Å². The number of nitrogens with zero attached hydrogens (tertiary/aromatic N) is 2. The van der Waals surface area contributed by atoms with Crippen LogP contribution in [0, 0.1) is 0 Å². The Kier molecular flexibility index (Phi) is 5.53. The summed E-state index contributed by atoms with van der Waals surface area (Å²) in [6.45, 7) is 0.157. The summed E-state index contributed by atoms with van der Waals surface area (Å²) in [5, 5.41) is 0.562. The zero-order valence-corrected chi connectivity index (χ0v) is 12.8. The minimum atomic E-state index is -1.54. The maximum Gasteiger partial charge on any atom is 0.352 e. The molecule has 0 radical (unpaired) electrons. The molecule has 2 aromatic rings. The molecule has 1 aromatic carbocycles. The SMILES string of the molecule is C.COC[C@H]1O[C@@H](n2c(=O)nc(N)c3ccccc32)[C@H](F)[C@@H]1OC. The van der Waals surface area contributed by atoms with Gasteiger partial charge in [0, 0.05) is 19.6 Å². The van der Waals surface area contributed by atoms with Gasteiger partial charge in [-0.1, -0.05) is 19.6 Å². The maximum absolute atomic E-state index is 14.8. The fraction of sp³-hybridized carbons (Fsp3) is 0.500. The monoisotopic (exact) mass is 339 g/mol. The van der Waals surface area contributed by atoms with Crippen molar-refractivity contribution in [2.45, 2.75) is 32.0 Å². The standard InChI is InChI=1S/C15H18FN3O4.CH4/c1-21-7-10-12(22-2)11(16)14(23-10)19-9-6-4-3-5-8(9)13(17)18-15(19)20;/h3-6,10-12,14H,7H2,1-2H3,(H2,17,18,20);1H4/t10-,11-,12-,14-;/m1./s1. The quantitative estimate of drug-likeness (QED) is 0.908. The lowest BCUT2D eigenvalue weighted by Gasteiger charge is -2.19. The minimum absolute atomic E-state index is 0. The number of rotatable bonds is 4. The number of nitrogens with two attached hydrogens (primary N) is 1. The highest BCUT2D eigenvalue weighted by atomic mass is 19.1. The van der Waals surface area contributed by atoms with E-state index in [4.69, 9.17) is 19.9 Å². The lowest BCUT2D eigenvalue weighted by atomic mass is 10.1. The molecule has 24 heavy (non-hydrogen) atoms. The normalized spacial score (nSPS) is 26.5. The van der Waals surface area contributed by atoms with E-state index in [0.29, 0.717) is 10.9 Å². The van der Waals surface area contributed by atoms with Gasteiger partial charge in [0.25, 0.3) is 0 Å². The highest BCUT2D eigenvalue weighted by Gasteiger charge is 2.47. The number of fused-ring (bicyclic) bond motifs is 1. The molecule has 3 rings (SSSR count). The number of para-hydroxylation sites is 1. The average molecular weight is 339 g/mol. The van der Waals surface area contributed by atoms with E-state index in [1.807, 2.05) is 0 Å². The first-order chi connectivity index (χ1) is 11.1. The second-order valence-corrected chi connectivity index (χ2v) is 5.33. The van der Waals surface area contributed by atoms with Crippen LogP contribution in [-0.2, 0) is 14.2 Å². The minimum Gasteiger partial charge on any atom is -0.383 e. The second kappa shape index (κ2) is 7.25. The summed E-state index contributed by atoms with van der Waals surface area (Å²) >= 11 is 0. The molecule has 1 aliphatic heterocycles. The predicted molar refractivity (Wildman–Crippen MR) is 88.6 cm³/mol. The third-order valence-electron chi connectivity index (χ3n) is 3.99. The Morgan fingerprint density at radius 1 is 1.38 bits per heavy atom. The smallest absolute Gasteiger partial charge is 0.352 e. The summed E-state index contributed by atoms with van der Waals surface area (Å²) in [5.74, 6) is 0.104. The van der Waals surface area contributed by atoms with Crippen LogP contribution in [0.2, 0.25) is 0 Å². The molecule has 1 fully saturated rings. The number of ether oxygens (including phenoxy) is 3. The van der Waals surface area contributed by atoms with Gasteiger partial charge in [0.1, 0.15) is 18.0 Å². The molecule has 7 nitrogen and oxygen atoms in total. The van der Waals surface area contributed by atoms with Crippen molar-refractivity contribution >= 4 is 16.7 Å². The van der Waals surface area contributed by atoms with Gasteiger partial charge >= 0.3 is 5.69 Å². The lowest BCUT2D eigenvalue weighted by molar-refractivity contribution is -0.0611. The molecule has 0 aliphatic carbocycles. The van der Waals surface area contributed by atoms with Gasteiger partial charge in [-0.15, -0.1) is 0 Å². The van der Waals surface area contributed by atoms with Crippen LogP contribution in [-0.4, -0.2) is 48.8 Å². The number of aromatic nitrogens is 2. The number of halogens is 1. The Morgan fingerprint density at radius 2 is 2.08 bits per heavy atom. The van der Waals surface area contributed by atoms with Gasteiger partial charge in [-0.05, 0) is 12.1 Å². The van der Waals surface area contributed by atoms with Crippen LogP contribution < -0.4 is 11.4 Å².